The first-order valence-electron chi connectivity index (χ1n) is 8.41. The van der Waals surface area contributed by atoms with E-state index >= 15 is 0 Å². The molecule has 0 saturated carbocycles. The van der Waals surface area contributed by atoms with Crippen molar-refractivity contribution in [1.29, 1.82) is 0 Å². The molecule has 0 amide bonds. The Hall–Kier alpha value is -2.85. The number of rotatable bonds is 10. The van der Waals surface area contributed by atoms with Crippen LogP contribution in [0, 0.1) is 0 Å². The lowest BCUT2D eigenvalue weighted by Gasteiger charge is -2.08. The van der Waals surface area contributed by atoms with Gasteiger partial charge in [0.05, 0.1) is 25.0 Å². The number of benzene rings is 1. The molecule has 0 aliphatic rings. The minimum atomic E-state index is -3.75. The summed E-state index contributed by atoms with van der Waals surface area (Å²) in [5.74, 6) is -0.426. The number of nitrogens with one attached hydrogen (secondary N) is 1. The summed E-state index contributed by atoms with van der Waals surface area (Å²) in [6.07, 6.45) is -0.166. The zero-order valence-corrected chi connectivity index (χ0v) is 16.3. The minimum absolute atomic E-state index is 0.00309. The molecular formula is C18H21NO8S. The van der Waals surface area contributed by atoms with Crippen LogP contribution in [-0.4, -0.2) is 40.6 Å². The highest BCUT2D eigenvalue weighted by Gasteiger charge is 2.16. The van der Waals surface area contributed by atoms with Crippen molar-refractivity contribution in [2.75, 3.05) is 20.3 Å². The normalized spacial score (nSPS) is 11.1. The van der Waals surface area contributed by atoms with Gasteiger partial charge in [-0.15, -0.1) is 0 Å². The first kappa shape index (κ1) is 21.5. The summed E-state index contributed by atoms with van der Waals surface area (Å²) >= 11 is 0. The van der Waals surface area contributed by atoms with E-state index in [2.05, 4.69) is 9.46 Å². The van der Waals surface area contributed by atoms with Crippen LogP contribution in [-0.2, 0) is 30.9 Å². The third-order valence-electron chi connectivity index (χ3n) is 3.49. The van der Waals surface area contributed by atoms with Crippen molar-refractivity contribution < 1.29 is 36.6 Å². The molecular weight excluding hydrogens is 390 g/mol. The summed E-state index contributed by atoms with van der Waals surface area (Å²) < 4.78 is 46.6. The van der Waals surface area contributed by atoms with Crippen molar-refractivity contribution in [3.8, 4) is 5.75 Å². The lowest BCUT2D eigenvalue weighted by atomic mass is 10.3. The van der Waals surface area contributed by atoms with Gasteiger partial charge in [0.2, 0.25) is 15.8 Å². The van der Waals surface area contributed by atoms with Crippen molar-refractivity contribution >= 4 is 22.0 Å². The Morgan fingerprint density at radius 3 is 2.46 bits per heavy atom. The molecule has 28 heavy (non-hydrogen) atoms. The van der Waals surface area contributed by atoms with Crippen LogP contribution in [0.15, 0.2) is 45.7 Å². The summed E-state index contributed by atoms with van der Waals surface area (Å²) in [4.78, 5) is 23.1. The monoisotopic (exact) mass is 411 g/mol. The molecule has 0 unspecified atom stereocenters. The zero-order chi connectivity index (χ0) is 20.6. The van der Waals surface area contributed by atoms with E-state index in [1.807, 2.05) is 6.92 Å². The molecule has 0 aliphatic heterocycles. The van der Waals surface area contributed by atoms with E-state index < -0.39 is 22.0 Å². The van der Waals surface area contributed by atoms with Crippen LogP contribution >= 0.6 is 0 Å². The van der Waals surface area contributed by atoms with Crippen LogP contribution in [0.4, 0.5) is 0 Å². The highest BCUT2D eigenvalue weighted by Crippen LogP contribution is 2.16. The lowest BCUT2D eigenvalue weighted by Crippen LogP contribution is -2.26. The molecule has 0 radical (unpaired) electrons. The number of methoxy groups -OCH3 is 1. The highest BCUT2D eigenvalue weighted by molar-refractivity contribution is 7.89. The van der Waals surface area contributed by atoms with Gasteiger partial charge < -0.3 is 18.6 Å². The Kier molecular flexibility index (Phi) is 7.59. The molecule has 0 atom stereocenters. The molecule has 152 valence electrons. The fourth-order valence-corrected chi connectivity index (χ4v) is 3.17. The second-order valence-electron chi connectivity index (χ2n) is 5.47. The molecule has 9 nitrogen and oxygen atoms in total. The maximum absolute atomic E-state index is 12.2. The Balaban J connectivity index is 1.77. The summed E-state index contributed by atoms with van der Waals surface area (Å²) in [5.41, 5.74) is 0. The first-order valence-corrected chi connectivity index (χ1v) is 9.89. The molecule has 10 heteroatoms. The van der Waals surface area contributed by atoms with Crippen LogP contribution < -0.4 is 9.46 Å². The lowest BCUT2D eigenvalue weighted by molar-refractivity contribution is -0.145. The number of sulfonamides is 1. The molecule has 2 rings (SSSR count). The fraction of sp³-hybridized carbons (Fsp3) is 0.333. The molecule has 0 saturated heterocycles. The van der Waals surface area contributed by atoms with Gasteiger partial charge in [-0.1, -0.05) is 0 Å². The zero-order valence-electron chi connectivity index (χ0n) is 15.5. The Morgan fingerprint density at radius 2 is 1.82 bits per heavy atom. The van der Waals surface area contributed by atoms with Crippen molar-refractivity contribution in [1.82, 2.24) is 4.72 Å². The SMILES string of the molecule is CCOc1ccc(S(=O)(=O)NCCC(=O)OCc2ccc(C(=O)OC)o2)cc1. The van der Waals surface area contributed by atoms with Crippen LogP contribution in [0.5, 0.6) is 5.75 Å². The van der Waals surface area contributed by atoms with Gasteiger partial charge in [0.25, 0.3) is 0 Å². The van der Waals surface area contributed by atoms with Gasteiger partial charge in [-0.3, -0.25) is 4.79 Å². The average molecular weight is 411 g/mol. The van der Waals surface area contributed by atoms with Crippen molar-refractivity contribution in [3.63, 3.8) is 0 Å². The maximum atomic E-state index is 12.2. The Labute approximate surface area is 162 Å². The van der Waals surface area contributed by atoms with Gasteiger partial charge in [0, 0.05) is 6.54 Å². The van der Waals surface area contributed by atoms with E-state index in [4.69, 9.17) is 13.9 Å². The van der Waals surface area contributed by atoms with Gasteiger partial charge in [-0.05, 0) is 43.3 Å². The minimum Gasteiger partial charge on any atom is -0.494 e. The standard InChI is InChI=1S/C18H21NO8S/c1-3-25-13-4-7-15(8-5-13)28(22,23)19-11-10-17(20)26-12-14-6-9-16(27-14)18(21)24-2/h4-9,19H,3,10-12H2,1-2H3. The molecule has 0 bridgehead atoms. The van der Waals surface area contributed by atoms with Crippen LogP contribution in [0.3, 0.4) is 0 Å². The predicted molar refractivity (Wildman–Crippen MR) is 97.3 cm³/mol. The summed E-state index contributed by atoms with van der Waals surface area (Å²) in [6.45, 7) is 2.01. The van der Waals surface area contributed by atoms with E-state index in [1.165, 1.54) is 31.4 Å². The van der Waals surface area contributed by atoms with Gasteiger partial charge in [0.1, 0.15) is 18.1 Å². The number of hydrogen-bond donors (Lipinski definition) is 1. The molecule has 1 heterocycles. The number of carbonyl (C=O) groups excluding carboxylic acids is 2. The van der Waals surface area contributed by atoms with Crippen molar-refractivity contribution in [3.05, 3.63) is 47.9 Å². The van der Waals surface area contributed by atoms with Crippen molar-refractivity contribution in [2.24, 2.45) is 0 Å². The van der Waals surface area contributed by atoms with E-state index in [1.54, 1.807) is 12.1 Å². The molecule has 1 aromatic heterocycles. The van der Waals surface area contributed by atoms with E-state index in [0.29, 0.717) is 12.4 Å². The van der Waals surface area contributed by atoms with Crippen LogP contribution in [0.1, 0.15) is 29.7 Å². The number of ether oxygens (including phenoxy) is 3. The molecule has 2 aromatic rings. The van der Waals surface area contributed by atoms with Crippen LogP contribution in [0.2, 0.25) is 0 Å². The van der Waals surface area contributed by atoms with E-state index in [0.717, 1.165) is 0 Å². The second-order valence-corrected chi connectivity index (χ2v) is 7.24. The predicted octanol–water partition coefficient (Wildman–Crippen LogP) is 1.88. The summed E-state index contributed by atoms with van der Waals surface area (Å²) in [5, 5.41) is 0. The fourth-order valence-electron chi connectivity index (χ4n) is 2.14. The third kappa shape index (κ3) is 6.10. The molecule has 0 spiro atoms. The maximum Gasteiger partial charge on any atom is 0.373 e. The molecule has 1 N–H and O–H groups in total. The topological polar surface area (TPSA) is 121 Å². The molecule has 0 aliphatic carbocycles. The molecule has 1 aromatic carbocycles. The average Bonchev–Trinajstić information content (AvgIpc) is 3.15. The molecule has 0 fully saturated rings. The van der Waals surface area contributed by atoms with E-state index in [-0.39, 0.29) is 36.0 Å². The smallest absolute Gasteiger partial charge is 0.373 e. The van der Waals surface area contributed by atoms with Gasteiger partial charge in [-0.2, -0.15) is 0 Å². The Morgan fingerprint density at radius 1 is 1.11 bits per heavy atom. The Bertz CT molecular complexity index is 902. The summed E-state index contributed by atoms with van der Waals surface area (Å²) in [6, 6.07) is 8.83. The summed E-state index contributed by atoms with van der Waals surface area (Å²) in [7, 11) is -2.53. The van der Waals surface area contributed by atoms with Crippen LogP contribution in [0.25, 0.3) is 0 Å². The van der Waals surface area contributed by atoms with Gasteiger partial charge in [-0.25, -0.2) is 17.9 Å². The second kappa shape index (κ2) is 9.90. The van der Waals surface area contributed by atoms with Gasteiger partial charge >= 0.3 is 11.9 Å². The highest BCUT2D eigenvalue weighted by atomic mass is 32.2. The van der Waals surface area contributed by atoms with E-state index in [9.17, 15) is 18.0 Å². The number of esters is 2. The first-order chi connectivity index (χ1) is 13.4. The quantitative estimate of drug-likeness (QED) is 0.588. The van der Waals surface area contributed by atoms with Gasteiger partial charge in [0.15, 0.2) is 0 Å². The van der Waals surface area contributed by atoms with Crippen molar-refractivity contribution in [2.45, 2.75) is 24.8 Å². The number of carbonyl (C=O) groups is 2. The third-order valence-corrected chi connectivity index (χ3v) is 4.97. The number of hydrogen-bond acceptors (Lipinski definition) is 8. The largest absolute Gasteiger partial charge is 0.494 e. The number of furan rings is 1.